The van der Waals surface area contributed by atoms with Gasteiger partial charge in [-0.25, -0.2) is 0 Å². The quantitative estimate of drug-likeness (QED) is 0.278. The Labute approximate surface area is 173 Å². The lowest BCUT2D eigenvalue weighted by Gasteiger charge is -2.18. The van der Waals surface area contributed by atoms with Crippen LogP contribution in [0.15, 0.2) is 77.7 Å². The number of unbranched alkanes of at least 4 members (excludes halogenated alkanes) is 1. The Balaban J connectivity index is 1.80. The fourth-order valence-electron chi connectivity index (χ4n) is 3.25. The Bertz CT molecular complexity index is 923. The summed E-state index contributed by atoms with van der Waals surface area (Å²) in [6, 6.07) is 21.7. The SMILES string of the molecule is COc1ccccc1-c1cccc(C(F)(F)F)c1SCCCCc1ccccc1. The highest BCUT2D eigenvalue weighted by Gasteiger charge is 2.34. The van der Waals surface area contributed by atoms with Crippen LogP contribution in [0.2, 0.25) is 0 Å². The largest absolute Gasteiger partial charge is 0.496 e. The van der Waals surface area contributed by atoms with Crippen LogP contribution in [0, 0.1) is 0 Å². The Hall–Kier alpha value is -2.40. The number of thioether (sulfide) groups is 1. The van der Waals surface area contributed by atoms with Crippen molar-refractivity contribution in [2.24, 2.45) is 0 Å². The molecule has 29 heavy (non-hydrogen) atoms. The standard InChI is InChI=1S/C24H23F3OS/c1-28-22-16-6-5-13-19(22)20-14-9-15-21(24(25,26)27)23(20)29-17-8-7-12-18-10-3-2-4-11-18/h2-6,9-11,13-16H,7-8,12,17H2,1H3. The van der Waals surface area contributed by atoms with Crippen molar-refractivity contribution < 1.29 is 17.9 Å². The van der Waals surface area contributed by atoms with E-state index in [4.69, 9.17) is 4.74 Å². The number of halogens is 3. The van der Waals surface area contributed by atoms with Crippen LogP contribution in [0.1, 0.15) is 24.0 Å². The molecule has 0 saturated carbocycles. The number of benzene rings is 3. The maximum atomic E-state index is 13.7. The molecule has 3 rings (SSSR count). The summed E-state index contributed by atoms with van der Waals surface area (Å²) in [7, 11) is 1.53. The van der Waals surface area contributed by atoms with Crippen LogP contribution < -0.4 is 4.74 Å². The summed E-state index contributed by atoms with van der Waals surface area (Å²) in [6.07, 6.45) is -1.68. The zero-order chi connectivity index (χ0) is 20.7. The van der Waals surface area contributed by atoms with Crippen molar-refractivity contribution in [1.29, 1.82) is 0 Å². The molecule has 0 aliphatic rings. The van der Waals surface area contributed by atoms with Gasteiger partial charge in [0.2, 0.25) is 0 Å². The molecule has 0 aromatic heterocycles. The Kier molecular flexibility index (Phi) is 7.26. The van der Waals surface area contributed by atoms with Crippen LogP contribution in [-0.2, 0) is 12.6 Å². The van der Waals surface area contributed by atoms with Gasteiger partial charge in [-0.2, -0.15) is 13.2 Å². The van der Waals surface area contributed by atoms with Crippen LogP contribution in [0.5, 0.6) is 5.75 Å². The molecule has 0 heterocycles. The Morgan fingerprint density at radius 2 is 1.48 bits per heavy atom. The van der Waals surface area contributed by atoms with E-state index >= 15 is 0 Å². The summed E-state index contributed by atoms with van der Waals surface area (Å²) in [5.74, 6) is 1.19. The minimum Gasteiger partial charge on any atom is -0.496 e. The maximum Gasteiger partial charge on any atom is 0.417 e. The molecule has 0 bridgehead atoms. The average Bonchev–Trinajstić information content (AvgIpc) is 2.73. The summed E-state index contributed by atoms with van der Waals surface area (Å²) >= 11 is 1.27. The van der Waals surface area contributed by atoms with E-state index in [1.54, 1.807) is 18.2 Å². The summed E-state index contributed by atoms with van der Waals surface area (Å²) < 4.78 is 46.4. The molecule has 0 amide bonds. The van der Waals surface area contributed by atoms with Gasteiger partial charge in [-0.15, -0.1) is 11.8 Å². The number of alkyl halides is 3. The van der Waals surface area contributed by atoms with Crippen molar-refractivity contribution in [3.8, 4) is 16.9 Å². The number of para-hydroxylation sites is 1. The van der Waals surface area contributed by atoms with Gasteiger partial charge in [-0.1, -0.05) is 60.7 Å². The zero-order valence-electron chi connectivity index (χ0n) is 16.2. The maximum absolute atomic E-state index is 13.7. The van der Waals surface area contributed by atoms with Gasteiger partial charge in [-0.05, 0) is 48.3 Å². The lowest BCUT2D eigenvalue weighted by molar-refractivity contribution is -0.139. The van der Waals surface area contributed by atoms with Crippen molar-refractivity contribution in [3.63, 3.8) is 0 Å². The molecule has 0 N–H and O–H groups in total. The highest BCUT2D eigenvalue weighted by atomic mass is 32.2. The topological polar surface area (TPSA) is 9.23 Å². The second-order valence-corrected chi connectivity index (χ2v) is 7.78. The summed E-state index contributed by atoms with van der Waals surface area (Å²) in [6.45, 7) is 0. The van der Waals surface area contributed by atoms with E-state index in [1.807, 2.05) is 30.3 Å². The van der Waals surface area contributed by atoms with E-state index in [1.165, 1.54) is 30.5 Å². The molecule has 3 aromatic carbocycles. The number of rotatable bonds is 8. The first kappa shape index (κ1) is 21.3. The molecule has 1 nitrogen and oxygen atoms in total. The van der Waals surface area contributed by atoms with E-state index in [0.717, 1.165) is 25.3 Å². The first-order chi connectivity index (χ1) is 14.0. The van der Waals surface area contributed by atoms with E-state index < -0.39 is 11.7 Å². The number of aryl methyl sites for hydroxylation is 1. The predicted octanol–water partition coefficient (Wildman–Crippen LogP) is 7.50. The summed E-state index contributed by atoms with van der Waals surface area (Å²) in [5, 5.41) is 0. The van der Waals surface area contributed by atoms with Crippen LogP contribution in [-0.4, -0.2) is 12.9 Å². The van der Waals surface area contributed by atoms with Crippen molar-refractivity contribution >= 4 is 11.8 Å². The van der Waals surface area contributed by atoms with Gasteiger partial charge in [0.25, 0.3) is 0 Å². The van der Waals surface area contributed by atoms with Crippen LogP contribution in [0.4, 0.5) is 13.2 Å². The van der Waals surface area contributed by atoms with Crippen molar-refractivity contribution in [2.45, 2.75) is 30.3 Å². The fourth-order valence-corrected chi connectivity index (χ4v) is 4.47. The van der Waals surface area contributed by atoms with E-state index in [-0.39, 0.29) is 4.90 Å². The second-order valence-electron chi connectivity index (χ2n) is 6.67. The highest BCUT2D eigenvalue weighted by molar-refractivity contribution is 7.99. The Morgan fingerprint density at radius 1 is 0.793 bits per heavy atom. The zero-order valence-corrected chi connectivity index (χ0v) is 17.0. The van der Waals surface area contributed by atoms with Crippen LogP contribution in [0.25, 0.3) is 11.1 Å². The van der Waals surface area contributed by atoms with E-state index in [2.05, 4.69) is 12.1 Å². The van der Waals surface area contributed by atoms with Gasteiger partial charge in [0.15, 0.2) is 0 Å². The third-order valence-corrected chi connectivity index (χ3v) is 5.89. The molecule has 0 unspecified atom stereocenters. The van der Waals surface area contributed by atoms with Crippen molar-refractivity contribution in [3.05, 3.63) is 83.9 Å². The van der Waals surface area contributed by atoms with Crippen LogP contribution >= 0.6 is 11.8 Å². The molecule has 152 valence electrons. The van der Waals surface area contributed by atoms with E-state index in [0.29, 0.717) is 22.6 Å². The third-order valence-electron chi connectivity index (χ3n) is 4.67. The third kappa shape index (κ3) is 5.57. The lowest BCUT2D eigenvalue weighted by Crippen LogP contribution is -2.08. The molecule has 3 aromatic rings. The van der Waals surface area contributed by atoms with Crippen molar-refractivity contribution in [1.82, 2.24) is 0 Å². The van der Waals surface area contributed by atoms with Gasteiger partial charge < -0.3 is 4.74 Å². The first-order valence-electron chi connectivity index (χ1n) is 9.51. The normalized spacial score (nSPS) is 11.4. The smallest absolute Gasteiger partial charge is 0.417 e. The molecule has 0 aliphatic carbocycles. The molecule has 5 heteroatoms. The minimum absolute atomic E-state index is 0.268. The predicted molar refractivity (Wildman–Crippen MR) is 114 cm³/mol. The molecule has 0 radical (unpaired) electrons. The average molecular weight is 417 g/mol. The number of hydrogen-bond donors (Lipinski definition) is 0. The van der Waals surface area contributed by atoms with Gasteiger partial charge >= 0.3 is 6.18 Å². The molecule has 0 aliphatic heterocycles. The molecule has 0 saturated heterocycles. The summed E-state index contributed by atoms with van der Waals surface area (Å²) in [4.78, 5) is 0.268. The second kappa shape index (κ2) is 9.88. The molecular weight excluding hydrogens is 393 g/mol. The van der Waals surface area contributed by atoms with Gasteiger partial charge in [0.1, 0.15) is 5.75 Å². The number of ether oxygens (including phenoxy) is 1. The molecule has 0 spiro atoms. The number of methoxy groups -OCH3 is 1. The summed E-state index contributed by atoms with van der Waals surface area (Å²) in [5.41, 5.74) is 1.90. The number of hydrogen-bond acceptors (Lipinski definition) is 2. The van der Waals surface area contributed by atoms with Gasteiger partial charge in [0.05, 0.1) is 12.7 Å². The molecular formula is C24H23F3OS. The Morgan fingerprint density at radius 3 is 2.21 bits per heavy atom. The minimum atomic E-state index is -4.40. The van der Waals surface area contributed by atoms with Gasteiger partial charge in [0, 0.05) is 10.5 Å². The van der Waals surface area contributed by atoms with E-state index in [9.17, 15) is 13.2 Å². The fraction of sp³-hybridized carbons (Fsp3) is 0.250. The lowest BCUT2D eigenvalue weighted by atomic mass is 10.0. The first-order valence-corrected chi connectivity index (χ1v) is 10.5. The molecule has 0 atom stereocenters. The molecule has 0 fully saturated rings. The van der Waals surface area contributed by atoms with Gasteiger partial charge in [-0.3, -0.25) is 0 Å². The van der Waals surface area contributed by atoms with Crippen molar-refractivity contribution in [2.75, 3.05) is 12.9 Å². The monoisotopic (exact) mass is 416 g/mol. The van der Waals surface area contributed by atoms with Crippen LogP contribution in [0.3, 0.4) is 0 Å². The highest BCUT2D eigenvalue weighted by Crippen LogP contribution is 2.44.